The SMILES string of the molecule is O=C(C[C@H](NC(=O)c1ccccc1)c1ccccc1)NNC(=S)NC1CCCC1. The highest BCUT2D eigenvalue weighted by atomic mass is 32.1. The first-order valence-electron chi connectivity index (χ1n) is 9.88. The van der Waals surface area contributed by atoms with Gasteiger partial charge < -0.3 is 10.6 Å². The molecular weight excluding hydrogens is 384 g/mol. The Kier molecular flexibility index (Phi) is 7.58. The summed E-state index contributed by atoms with van der Waals surface area (Å²) in [6.45, 7) is 0. The van der Waals surface area contributed by atoms with Gasteiger partial charge in [-0.3, -0.25) is 20.4 Å². The molecule has 1 aliphatic rings. The van der Waals surface area contributed by atoms with Gasteiger partial charge in [0.25, 0.3) is 5.91 Å². The molecule has 0 heterocycles. The summed E-state index contributed by atoms with van der Waals surface area (Å²) in [6, 6.07) is 18.3. The third kappa shape index (κ3) is 6.57. The molecule has 0 unspecified atom stereocenters. The van der Waals surface area contributed by atoms with Gasteiger partial charge in [-0.1, -0.05) is 61.4 Å². The topological polar surface area (TPSA) is 82.3 Å². The lowest BCUT2D eigenvalue weighted by atomic mass is 10.0. The predicted molar refractivity (Wildman–Crippen MR) is 117 cm³/mol. The molecule has 7 heteroatoms. The van der Waals surface area contributed by atoms with Crippen molar-refractivity contribution in [3.63, 3.8) is 0 Å². The standard InChI is InChI=1S/C22H26N4O2S/c27-20(25-26-22(29)23-18-13-7-8-14-18)15-19(16-9-3-1-4-10-16)24-21(28)17-11-5-2-6-12-17/h1-6,9-12,18-19H,7-8,13-15H2,(H,24,28)(H,25,27)(H2,23,26,29)/t19-/m0/s1. The average Bonchev–Trinajstić information content (AvgIpc) is 3.26. The van der Waals surface area contributed by atoms with Gasteiger partial charge in [0, 0.05) is 11.6 Å². The Bertz CT molecular complexity index is 823. The number of nitrogens with one attached hydrogen (secondary N) is 4. The summed E-state index contributed by atoms with van der Waals surface area (Å²) >= 11 is 5.24. The van der Waals surface area contributed by atoms with Crippen LogP contribution >= 0.6 is 12.2 Å². The van der Waals surface area contributed by atoms with Gasteiger partial charge >= 0.3 is 0 Å². The molecule has 2 aromatic carbocycles. The molecule has 2 amide bonds. The van der Waals surface area contributed by atoms with E-state index >= 15 is 0 Å². The van der Waals surface area contributed by atoms with Crippen LogP contribution in [0, 0.1) is 0 Å². The second-order valence-electron chi connectivity index (χ2n) is 7.13. The van der Waals surface area contributed by atoms with Gasteiger partial charge in [0.2, 0.25) is 5.91 Å². The highest BCUT2D eigenvalue weighted by Crippen LogP contribution is 2.18. The second-order valence-corrected chi connectivity index (χ2v) is 7.54. The average molecular weight is 411 g/mol. The summed E-state index contributed by atoms with van der Waals surface area (Å²) in [5, 5.41) is 6.57. The van der Waals surface area contributed by atoms with Crippen LogP contribution in [0.2, 0.25) is 0 Å². The molecule has 1 saturated carbocycles. The molecule has 2 aromatic rings. The lowest BCUT2D eigenvalue weighted by Crippen LogP contribution is -2.49. The van der Waals surface area contributed by atoms with E-state index in [0.29, 0.717) is 16.7 Å². The van der Waals surface area contributed by atoms with Crippen LogP contribution in [-0.2, 0) is 4.79 Å². The molecule has 1 aliphatic carbocycles. The van der Waals surface area contributed by atoms with E-state index in [1.807, 2.05) is 36.4 Å². The minimum atomic E-state index is -0.456. The van der Waals surface area contributed by atoms with Crippen molar-refractivity contribution in [2.24, 2.45) is 0 Å². The molecule has 4 N–H and O–H groups in total. The maximum absolute atomic E-state index is 12.6. The van der Waals surface area contributed by atoms with Gasteiger partial charge in [-0.2, -0.15) is 0 Å². The minimum Gasteiger partial charge on any atom is -0.359 e. The minimum absolute atomic E-state index is 0.0849. The second kappa shape index (κ2) is 10.6. The number of carbonyl (C=O) groups is 2. The van der Waals surface area contributed by atoms with Crippen molar-refractivity contribution in [3.05, 3.63) is 71.8 Å². The maximum atomic E-state index is 12.6. The van der Waals surface area contributed by atoms with Crippen LogP contribution < -0.4 is 21.5 Å². The van der Waals surface area contributed by atoms with Crippen molar-refractivity contribution < 1.29 is 9.59 Å². The number of hydrogen-bond donors (Lipinski definition) is 4. The lowest BCUT2D eigenvalue weighted by Gasteiger charge is -2.20. The summed E-state index contributed by atoms with van der Waals surface area (Å²) in [5.74, 6) is -0.485. The molecule has 0 radical (unpaired) electrons. The van der Waals surface area contributed by atoms with Gasteiger partial charge in [0.05, 0.1) is 12.5 Å². The first-order valence-corrected chi connectivity index (χ1v) is 10.3. The number of thiocarbonyl (C=S) groups is 1. The monoisotopic (exact) mass is 410 g/mol. The Balaban J connectivity index is 1.57. The fourth-order valence-electron chi connectivity index (χ4n) is 3.42. The van der Waals surface area contributed by atoms with E-state index in [1.54, 1.807) is 24.3 Å². The maximum Gasteiger partial charge on any atom is 0.251 e. The predicted octanol–water partition coefficient (Wildman–Crippen LogP) is 2.99. The van der Waals surface area contributed by atoms with Gasteiger partial charge in [-0.05, 0) is 42.8 Å². The Hall–Kier alpha value is -2.93. The Morgan fingerprint density at radius 1 is 0.931 bits per heavy atom. The molecule has 0 bridgehead atoms. The van der Waals surface area contributed by atoms with Gasteiger partial charge in [0.1, 0.15) is 0 Å². The molecule has 0 saturated heterocycles. The summed E-state index contributed by atoms with van der Waals surface area (Å²) in [5.41, 5.74) is 6.79. The molecule has 3 rings (SSSR count). The van der Waals surface area contributed by atoms with Gasteiger partial charge in [0.15, 0.2) is 5.11 Å². The molecule has 0 spiro atoms. The number of benzene rings is 2. The molecule has 1 atom stereocenters. The van der Waals surface area contributed by atoms with E-state index in [4.69, 9.17) is 12.2 Å². The molecule has 152 valence electrons. The first kappa shape index (κ1) is 20.8. The molecule has 0 aromatic heterocycles. The highest BCUT2D eigenvalue weighted by Gasteiger charge is 2.20. The fraction of sp³-hybridized carbons (Fsp3) is 0.318. The van der Waals surface area contributed by atoms with E-state index in [-0.39, 0.29) is 18.2 Å². The van der Waals surface area contributed by atoms with Crippen LogP contribution in [0.1, 0.15) is 54.1 Å². The number of amides is 2. The lowest BCUT2D eigenvalue weighted by molar-refractivity contribution is -0.122. The van der Waals surface area contributed by atoms with Crippen molar-refractivity contribution in [2.75, 3.05) is 0 Å². The normalized spacial score (nSPS) is 14.6. The fourth-order valence-corrected chi connectivity index (χ4v) is 3.64. The summed E-state index contributed by atoms with van der Waals surface area (Å²) < 4.78 is 0. The number of hydrogen-bond acceptors (Lipinski definition) is 3. The molecular formula is C22H26N4O2S. The molecule has 1 fully saturated rings. The molecule has 0 aliphatic heterocycles. The largest absolute Gasteiger partial charge is 0.359 e. The van der Waals surface area contributed by atoms with Gasteiger partial charge in [-0.15, -0.1) is 0 Å². The van der Waals surface area contributed by atoms with Crippen molar-refractivity contribution >= 4 is 29.1 Å². The van der Waals surface area contributed by atoms with Crippen LogP contribution in [0.3, 0.4) is 0 Å². The zero-order chi connectivity index (χ0) is 20.5. The van der Waals surface area contributed by atoms with Crippen molar-refractivity contribution in [1.29, 1.82) is 0 Å². The Labute approximate surface area is 176 Å². The number of rotatable bonds is 6. The van der Waals surface area contributed by atoms with E-state index in [2.05, 4.69) is 21.5 Å². The smallest absolute Gasteiger partial charge is 0.251 e. The summed E-state index contributed by atoms with van der Waals surface area (Å²) in [7, 11) is 0. The number of hydrazine groups is 1. The quantitative estimate of drug-likeness (QED) is 0.435. The van der Waals surface area contributed by atoms with Crippen molar-refractivity contribution in [1.82, 2.24) is 21.5 Å². The third-order valence-corrected chi connectivity index (χ3v) is 5.16. The first-order chi connectivity index (χ1) is 14.1. The van der Waals surface area contributed by atoms with Crippen LogP contribution in [0.25, 0.3) is 0 Å². The van der Waals surface area contributed by atoms with Crippen LogP contribution in [0.4, 0.5) is 0 Å². The Morgan fingerprint density at radius 2 is 1.55 bits per heavy atom. The Morgan fingerprint density at radius 3 is 2.21 bits per heavy atom. The third-order valence-electron chi connectivity index (χ3n) is 4.94. The summed E-state index contributed by atoms with van der Waals surface area (Å²) in [6.07, 6.45) is 4.68. The van der Waals surface area contributed by atoms with Crippen LogP contribution in [0.15, 0.2) is 60.7 Å². The van der Waals surface area contributed by atoms with Crippen LogP contribution in [0.5, 0.6) is 0 Å². The van der Waals surface area contributed by atoms with E-state index in [0.717, 1.165) is 18.4 Å². The van der Waals surface area contributed by atoms with E-state index in [9.17, 15) is 9.59 Å². The molecule has 29 heavy (non-hydrogen) atoms. The highest BCUT2D eigenvalue weighted by molar-refractivity contribution is 7.80. The zero-order valence-electron chi connectivity index (χ0n) is 16.2. The van der Waals surface area contributed by atoms with Gasteiger partial charge in [-0.25, -0.2) is 0 Å². The van der Waals surface area contributed by atoms with Crippen molar-refractivity contribution in [2.45, 2.75) is 44.2 Å². The summed E-state index contributed by atoms with van der Waals surface area (Å²) in [4.78, 5) is 25.1. The number of carbonyl (C=O) groups excluding carboxylic acids is 2. The molecule has 6 nitrogen and oxygen atoms in total. The van der Waals surface area contributed by atoms with E-state index < -0.39 is 6.04 Å². The zero-order valence-corrected chi connectivity index (χ0v) is 17.0. The van der Waals surface area contributed by atoms with Crippen molar-refractivity contribution in [3.8, 4) is 0 Å². The van der Waals surface area contributed by atoms with Crippen LogP contribution in [-0.4, -0.2) is 23.0 Å². The van der Waals surface area contributed by atoms with E-state index in [1.165, 1.54) is 12.8 Å².